The summed E-state index contributed by atoms with van der Waals surface area (Å²) in [5.41, 5.74) is 11.7. The molecule has 1 aromatic rings. The Hall–Kier alpha value is -1.39. The molecule has 0 aliphatic heterocycles. The van der Waals surface area contributed by atoms with Crippen molar-refractivity contribution < 1.29 is 9.90 Å². The van der Waals surface area contributed by atoms with Crippen molar-refractivity contribution in [3.8, 4) is 0 Å². The summed E-state index contributed by atoms with van der Waals surface area (Å²) in [6, 6.07) is 7.23. The molecule has 13 heavy (non-hydrogen) atoms. The van der Waals surface area contributed by atoms with Crippen LogP contribution >= 0.6 is 0 Å². The topological polar surface area (TPSA) is 89.3 Å². The van der Waals surface area contributed by atoms with Gasteiger partial charge in [-0.3, -0.25) is 4.79 Å². The predicted octanol–water partition coefficient (Wildman–Crippen LogP) is 0.0983. The first kappa shape index (κ1) is 9.70. The predicted molar refractivity (Wildman–Crippen MR) is 49.0 cm³/mol. The van der Waals surface area contributed by atoms with Gasteiger partial charge in [0.05, 0.1) is 6.04 Å². The first-order valence-corrected chi connectivity index (χ1v) is 3.92. The van der Waals surface area contributed by atoms with E-state index in [0.29, 0.717) is 0 Å². The fraction of sp³-hybridized carbons (Fsp3) is 0.222. The Balaban J connectivity index is 2.79. The van der Waals surface area contributed by atoms with Crippen LogP contribution in [0.4, 0.5) is 0 Å². The van der Waals surface area contributed by atoms with Gasteiger partial charge in [-0.05, 0) is 5.56 Å². The van der Waals surface area contributed by atoms with Crippen LogP contribution in [0.1, 0.15) is 11.6 Å². The number of carbonyl (C=O) groups is 1. The molecule has 1 rings (SSSR count). The first-order chi connectivity index (χ1) is 6.13. The van der Waals surface area contributed by atoms with Gasteiger partial charge in [0.25, 0.3) is 0 Å². The second-order valence-electron chi connectivity index (χ2n) is 2.80. The van der Waals surface area contributed by atoms with Gasteiger partial charge in [-0.1, -0.05) is 30.3 Å². The van der Waals surface area contributed by atoms with Gasteiger partial charge < -0.3 is 16.6 Å². The summed E-state index contributed by atoms with van der Waals surface area (Å²) in [6.07, 6.45) is 0. The minimum Gasteiger partial charge on any atom is -0.480 e. The molecule has 4 heteroatoms. The van der Waals surface area contributed by atoms with E-state index in [9.17, 15) is 4.79 Å². The smallest absolute Gasteiger partial charge is 0.322 e. The van der Waals surface area contributed by atoms with Crippen LogP contribution in [0.3, 0.4) is 0 Å². The Morgan fingerprint density at radius 3 is 2.23 bits per heavy atom. The van der Waals surface area contributed by atoms with E-state index in [4.69, 9.17) is 16.6 Å². The fourth-order valence-corrected chi connectivity index (χ4v) is 1.04. The molecule has 0 saturated carbocycles. The highest BCUT2D eigenvalue weighted by atomic mass is 16.4. The second-order valence-corrected chi connectivity index (χ2v) is 2.80. The third-order valence-electron chi connectivity index (χ3n) is 1.86. The molecule has 0 fully saturated rings. The van der Waals surface area contributed by atoms with Crippen LogP contribution in [0.25, 0.3) is 0 Å². The molecule has 0 saturated heterocycles. The van der Waals surface area contributed by atoms with Crippen molar-refractivity contribution in [2.24, 2.45) is 11.5 Å². The molecule has 0 amide bonds. The van der Waals surface area contributed by atoms with Crippen LogP contribution < -0.4 is 11.5 Å². The van der Waals surface area contributed by atoms with Crippen molar-refractivity contribution in [2.45, 2.75) is 12.1 Å². The van der Waals surface area contributed by atoms with Crippen LogP contribution in [-0.2, 0) is 4.79 Å². The maximum atomic E-state index is 10.5. The van der Waals surface area contributed by atoms with E-state index >= 15 is 0 Å². The molecule has 1 aromatic carbocycles. The van der Waals surface area contributed by atoms with E-state index in [1.807, 2.05) is 6.07 Å². The third kappa shape index (κ3) is 2.27. The number of rotatable bonds is 3. The Labute approximate surface area is 76.2 Å². The molecule has 0 heterocycles. The summed E-state index contributed by atoms with van der Waals surface area (Å²) in [6.45, 7) is 0. The summed E-state index contributed by atoms with van der Waals surface area (Å²) in [7, 11) is 0. The van der Waals surface area contributed by atoms with Gasteiger partial charge in [-0.25, -0.2) is 0 Å². The van der Waals surface area contributed by atoms with Gasteiger partial charge in [0.15, 0.2) is 0 Å². The van der Waals surface area contributed by atoms with E-state index in [1.165, 1.54) is 0 Å². The van der Waals surface area contributed by atoms with Crippen LogP contribution in [0.2, 0.25) is 0 Å². The maximum absolute atomic E-state index is 10.5. The molecule has 70 valence electrons. The Morgan fingerprint density at radius 2 is 1.77 bits per heavy atom. The fourth-order valence-electron chi connectivity index (χ4n) is 1.04. The van der Waals surface area contributed by atoms with Gasteiger partial charge in [-0.2, -0.15) is 0 Å². The highest BCUT2D eigenvalue weighted by Crippen LogP contribution is 2.11. The van der Waals surface area contributed by atoms with Crippen LogP contribution in [0.5, 0.6) is 0 Å². The van der Waals surface area contributed by atoms with Crippen molar-refractivity contribution in [3.05, 3.63) is 35.9 Å². The molecule has 0 aliphatic carbocycles. The normalized spacial score (nSPS) is 14.9. The third-order valence-corrected chi connectivity index (χ3v) is 1.86. The van der Waals surface area contributed by atoms with Gasteiger partial charge in [0, 0.05) is 0 Å². The summed E-state index contributed by atoms with van der Waals surface area (Å²) in [5.74, 6) is -1.09. The van der Waals surface area contributed by atoms with Gasteiger partial charge in [0.1, 0.15) is 6.04 Å². The number of carboxylic acid groups (broad SMARTS) is 1. The highest BCUT2D eigenvalue weighted by molar-refractivity contribution is 5.74. The van der Waals surface area contributed by atoms with Crippen LogP contribution in [0.15, 0.2) is 30.3 Å². The van der Waals surface area contributed by atoms with Crippen molar-refractivity contribution in [3.63, 3.8) is 0 Å². The molecular formula is C9H12N2O2. The zero-order chi connectivity index (χ0) is 9.84. The van der Waals surface area contributed by atoms with E-state index < -0.39 is 18.1 Å². The quantitative estimate of drug-likeness (QED) is 0.615. The Morgan fingerprint density at radius 1 is 1.23 bits per heavy atom. The molecule has 0 unspecified atom stereocenters. The number of hydrogen-bond acceptors (Lipinski definition) is 3. The number of nitrogens with two attached hydrogens (primary N) is 2. The van der Waals surface area contributed by atoms with Gasteiger partial charge >= 0.3 is 5.97 Å². The summed E-state index contributed by atoms with van der Waals surface area (Å²) >= 11 is 0. The molecule has 0 aromatic heterocycles. The zero-order valence-electron chi connectivity index (χ0n) is 7.05. The van der Waals surface area contributed by atoms with Crippen molar-refractivity contribution >= 4 is 5.97 Å². The summed E-state index contributed by atoms with van der Waals surface area (Å²) < 4.78 is 0. The van der Waals surface area contributed by atoms with Crippen LogP contribution in [0, 0.1) is 0 Å². The second kappa shape index (κ2) is 4.02. The maximum Gasteiger partial charge on any atom is 0.322 e. The number of aliphatic carboxylic acids is 1. The SMILES string of the molecule is N[C@H](c1ccccc1)[C@@H](N)C(=O)O. The van der Waals surface area contributed by atoms with Gasteiger partial charge in [-0.15, -0.1) is 0 Å². The molecule has 5 N–H and O–H groups in total. The molecule has 0 bridgehead atoms. The lowest BCUT2D eigenvalue weighted by atomic mass is 10.0. The van der Waals surface area contributed by atoms with E-state index in [1.54, 1.807) is 24.3 Å². The largest absolute Gasteiger partial charge is 0.480 e. The van der Waals surface area contributed by atoms with E-state index in [2.05, 4.69) is 0 Å². The molecular weight excluding hydrogens is 168 g/mol. The van der Waals surface area contributed by atoms with Crippen molar-refractivity contribution in [1.29, 1.82) is 0 Å². The molecule has 4 nitrogen and oxygen atoms in total. The summed E-state index contributed by atoms with van der Waals surface area (Å²) in [4.78, 5) is 10.5. The Kier molecular flexibility index (Phi) is 3.00. The lowest BCUT2D eigenvalue weighted by Gasteiger charge is -2.15. The minimum absolute atomic E-state index is 0.654. The lowest BCUT2D eigenvalue weighted by molar-refractivity contribution is -0.139. The van der Waals surface area contributed by atoms with Gasteiger partial charge in [0.2, 0.25) is 0 Å². The van der Waals surface area contributed by atoms with Crippen molar-refractivity contribution in [2.75, 3.05) is 0 Å². The molecule has 0 spiro atoms. The van der Waals surface area contributed by atoms with E-state index in [0.717, 1.165) is 5.56 Å². The number of benzene rings is 1. The Bertz CT molecular complexity index is 287. The van der Waals surface area contributed by atoms with Crippen LogP contribution in [-0.4, -0.2) is 17.1 Å². The average Bonchev–Trinajstić information content (AvgIpc) is 2.17. The lowest BCUT2D eigenvalue weighted by Crippen LogP contribution is -2.40. The average molecular weight is 180 g/mol. The van der Waals surface area contributed by atoms with E-state index in [-0.39, 0.29) is 0 Å². The zero-order valence-corrected chi connectivity index (χ0v) is 7.05. The highest BCUT2D eigenvalue weighted by Gasteiger charge is 2.21. The first-order valence-electron chi connectivity index (χ1n) is 3.92. The minimum atomic E-state index is -1.09. The number of carboxylic acids is 1. The number of hydrogen-bond donors (Lipinski definition) is 3. The monoisotopic (exact) mass is 180 g/mol. The summed E-state index contributed by atoms with van der Waals surface area (Å²) in [5, 5.41) is 8.61. The van der Waals surface area contributed by atoms with Crippen molar-refractivity contribution in [1.82, 2.24) is 0 Å². The molecule has 2 atom stereocenters. The molecule has 0 aliphatic rings. The standard InChI is InChI=1S/C9H12N2O2/c10-7(8(11)9(12)13)6-4-2-1-3-5-6/h1-5,7-8H,10-11H2,(H,12,13)/t7-,8-/m1/s1. The molecule has 0 radical (unpaired) electrons.